The maximum absolute atomic E-state index is 12.8. The van der Waals surface area contributed by atoms with Gasteiger partial charge in [0, 0.05) is 29.6 Å². The summed E-state index contributed by atoms with van der Waals surface area (Å²) in [6.45, 7) is 1.78. The summed E-state index contributed by atoms with van der Waals surface area (Å²) in [7, 11) is 0. The second-order valence-corrected chi connectivity index (χ2v) is 7.10. The number of hydrogen-bond acceptors (Lipinski definition) is 3. The number of piperidine rings is 1. The van der Waals surface area contributed by atoms with E-state index in [9.17, 15) is 14.0 Å². The molecule has 1 fully saturated rings. The summed E-state index contributed by atoms with van der Waals surface area (Å²) in [5.74, 6) is 0.0656. The fourth-order valence-electron chi connectivity index (χ4n) is 3.14. The number of carbonyl (C=O) groups excluding carboxylic acids is 2. The molecule has 2 amide bonds. The molecule has 148 valence electrons. The number of nitrogens with one attached hydrogen (secondary N) is 1. The molecule has 1 N–H and O–H groups in total. The predicted octanol–water partition coefficient (Wildman–Crippen LogP) is 3.53. The second-order valence-electron chi connectivity index (χ2n) is 6.67. The van der Waals surface area contributed by atoms with Crippen LogP contribution in [0.4, 0.5) is 4.39 Å². The van der Waals surface area contributed by atoms with Crippen LogP contribution in [0.1, 0.15) is 23.2 Å². The number of hydrogen-bond donors (Lipinski definition) is 1. The number of halogens is 2. The molecule has 1 aliphatic rings. The number of ether oxygens (including phenoxy) is 1. The molecule has 3 rings (SSSR count). The summed E-state index contributed by atoms with van der Waals surface area (Å²) in [5, 5.41) is 3.45. The number of amides is 2. The van der Waals surface area contributed by atoms with Gasteiger partial charge in [0.05, 0.1) is 6.54 Å². The number of nitrogens with zero attached hydrogens (tertiary/aromatic N) is 1. The Labute approximate surface area is 168 Å². The largest absolute Gasteiger partial charge is 0.492 e. The minimum Gasteiger partial charge on any atom is -0.492 e. The predicted molar refractivity (Wildman–Crippen MR) is 105 cm³/mol. The molecule has 7 heteroatoms. The van der Waals surface area contributed by atoms with E-state index in [1.54, 1.807) is 41.3 Å². The number of rotatable bonds is 6. The third-order valence-electron chi connectivity index (χ3n) is 4.73. The van der Waals surface area contributed by atoms with Gasteiger partial charge in [-0.2, -0.15) is 0 Å². The molecule has 1 saturated heterocycles. The summed E-state index contributed by atoms with van der Waals surface area (Å²) >= 11 is 5.86. The van der Waals surface area contributed by atoms with E-state index >= 15 is 0 Å². The van der Waals surface area contributed by atoms with Crippen molar-refractivity contribution in [2.45, 2.75) is 12.8 Å². The highest BCUT2D eigenvalue weighted by molar-refractivity contribution is 6.30. The molecule has 2 aromatic carbocycles. The summed E-state index contributed by atoms with van der Waals surface area (Å²) in [5.41, 5.74) is 0.602. The van der Waals surface area contributed by atoms with Crippen molar-refractivity contribution in [1.29, 1.82) is 0 Å². The van der Waals surface area contributed by atoms with Crippen LogP contribution in [-0.4, -0.2) is 43.0 Å². The van der Waals surface area contributed by atoms with Crippen molar-refractivity contribution in [1.82, 2.24) is 10.2 Å². The van der Waals surface area contributed by atoms with Crippen LogP contribution in [0.25, 0.3) is 0 Å². The number of carbonyl (C=O) groups is 2. The topological polar surface area (TPSA) is 58.6 Å². The molecule has 1 heterocycles. The molecule has 1 aliphatic heterocycles. The zero-order chi connectivity index (χ0) is 19.9. The minimum absolute atomic E-state index is 0.0266. The molecule has 0 unspecified atom stereocenters. The lowest BCUT2D eigenvalue weighted by Crippen LogP contribution is -2.43. The Kier molecular flexibility index (Phi) is 6.87. The summed E-state index contributed by atoms with van der Waals surface area (Å²) in [6, 6.07) is 12.6. The first kappa shape index (κ1) is 20.1. The van der Waals surface area contributed by atoms with E-state index in [1.807, 2.05) is 0 Å². The van der Waals surface area contributed by atoms with Gasteiger partial charge in [-0.1, -0.05) is 11.6 Å². The van der Waals surface area contributed by atoms with E-state index in [1.165, 1.54) is 12.1 Å². The molecule has 0 saturated carbocycles. The van der Waals surface area contributed by atoms with Gasteiger partial charge in [0.25, 0.3) is 5.91 Å². The summed E-state index contributed by atoms with van der Waals surface area (Å²) < 4.78 is 18.3. The molecular weight excluding hydrogens is 383 g/mol. The van der Waals surface area contributed by atoms with Crippen LogP contribution in [0.2, 0.25) is 5.02 Å². The highest BCUT2D eigenvalue weighted by Crippen LogP contribution is 2.20. The quantitative estimate of drug-likeness (QED) is 0.749. The Balaban J connectivity index is 1.38. The van der Waals surface area contributed by atoms with E-state index in [0.29, 0.717) is 55.4 Å². The molecule has 0 atom stereocenters. The fraction of sp³-hybridized carbons (Fsp3) is 0.333. The molecule has 5 nitrogen and oxygen atoms in total. The molecule has 0 spiro atoms. The van der Waals surface area contributed by atoms with Crippen molar-refractivity contribution in [2.75, 3.05) is 26.2 Å². The van der Waals surface area contributed by atoms with E-state index in [-0.39, 0.29) is 23.5 Å². The Morgan fingerprint density at radius 2 is 1.71 bits per heavy atom. The highest BCUT2D eigenvalue weighted by Gasteiger charge is 2.27. The lowest BCUT2D eigenvalue weighted by atomic mass is 9.95. The van der Waals surface area contributed by atoms with Crippen LogP contribution < -0.4 is 10.1 Å². The first-order valence-electron chi connectivity index (χ1n) is 9.24. The van der Waals surface area contributed by atoms with Crippen LogP contribution in [0.15, 0.2) is 48.5 Å². The Hall–Kier alpha value is -2.60. The van der Waals surface area contributed by atoms with Gasteiger partial charge in [0.2, 0.25) is 5.91 Å². The van der Waals surface area contributed by atoms with Crippen molar-refractivity contribution < 1.29 is 18.7 Å². The molecule has 0 radical (unpaired) electrons. The Morgan fingerprint density at radius 1 is 1.07 bits per heavy atom. The first-order chi connectivity index (χ1) is 13.5. The third kappa shape index (κ3) is 5.45. The van der Waals surface area contributed by atoms with Crippen molar-refractivity contribution >= 4 is 23.4 Å². The first-order valence-corrected chi connectivity index (χ1v) is 9.61. The standard InChI is InChI=1S/C21H22ClFN2O3/c22-17-3-1-16(2-4-17)21(27)25-12-9-15(10-13-25)20(26)24-11-14-28-19-7-5-18(23)6-8-19/h1-8,15H,9-14H2,(H,24,26). The average molecular weight is 405 g/mol. The number of likely N-dealkylation sites (tertiary alicyclic amines) is 1. The van der Waals surface area contributed by atoms with Gasteiger partial charge in [0.1, 0.15) is 18.2 Å². The van der Waals surface area contributed by atoms with Gasteiger partial charge in [-0.05, 0) is 61.4 Å². The van der Waals surface area contributed by atoms with Crippen molar-refractivity contribution in [3.8, 4) is 5.75 Å². The number of benzene rings is 2. The summed E-state index contributed by atoms with van der Waals surface area (Å²) in [4.78, 5) is 26.6. The maximum Gasteiger partial charge on any atom is 0.253 e. The SMILES string of the molecule is O=C(NCCOc1ccc(F)cc1)C1CCN(C(=O)c2ccc(Cl)cc2)CC1. The average Bonchev–Trinajstić information content (AvgIpc) is 2.72. The molecule has 0 bridgehead atoms. The monoisotopic (exact) mass is 404 g/mol. The van der Waals surface area contributed by atoms with Gasteiger partial charge in [0.15, 0.2) is 0 Å². The van der Waals surface area contributed by atoms with E-state index in [2.05, 4.69) is 5.32 Å². The summed E-state index contributed by atoms with van der Waals surface area (Å²) in [6.07, 6.45) is 1.26. The molecule has 0 aromatic heterocycles. The van der Waals surface area contributed by atoms with Crippen LogP contribution in [-0.2, 0) is 4.79 Å². The third-order valence-corrected chi connectivity index (χ3v) is 4.98. The second kappa shape index (κ2) is 9.55. The van der Waals surface area contributed by atoms with Crippen molar-refractivity contribution in [3.05, 3.63) is 64.9 Å². The molecule has 2 aromatic rings. The van der Waals surface area contributed by atoms with Crippen LogP contribution >= 0.6 is 11.6 Å². The zero-order valence-electron chi connectivity index (χ0n) is 15.4. The van der Waals surface area contributed by atoms with Gasteiger partial charge in [-0.3, -0.25) is 9.59 Å². The van der Waals surface area contributed by atoms with Gasteiger partial charge < -0.3 is 15.0 Å². The van der Waals surface area contributed by atoms with Gasteiger partial charge >= 0.3 is 0 Å². The fourth-order valence-corrected chi connectivity index (χ4v) is 3.26. The lowest BCUT2D eigenvalue weighted by Gasteiger charge is -2.31. The van der Waals surface area contributed by atoms with Crippen LogP contribution in [0.3, 0.4) is 0 Å². The minimum atomic E-state index is -0.318. The molecule has 0 aliphatic carbocycles. The Morgan fingerprint density at radius 3 is 2.36 bits per heavy atom. The zero-order valence-corrected chi connectivity index (χ0v) is 16.1. The Bertz CT molecular complexity index is 803. The van der Waals surface area contributed by atoms with Crippen molar-refractivity contribution in [2.24, 2.45) is 5.92 Å². The maximum atomic E-state index is 12.8. The molecule has 28 heavy (non-hydrogen) atoms. The normalized spacial score (nSPS) is 14.6. The van der Waals surface area contributed by atoms with Gasteiger partial charge in [-0.25, -0.2) is 4.39 Å². The van der Waals surface area contributed by atoms with E-state index < -0.39 is 0 Å². The highest BCUT2D eigenvalue weighted by atomic mass is 35.5. The lowest BCUT2D eigenvalue weighted by molar-refractivity contribution is -0.126. The van der Waals surface area contributed by atoms with Crippen LogP contribution in [0.5, 0.6) is 5.75 Å². The van der Waals surface area contributed by atoms with Gasteiger partial charge in [-0.15, -0.1) is 0 Å². The van der Waals surface area contributed by atoms with Crippen LogP contribution in [0, 0.1) is 11.7 Å². The van der Waals surface area contributed by atoms with Crippen molar-refractivity contribution in [3.63, 3.8) is 0 Å². The molecular formula is C21H22ClFN2O3. The van der Waals surface area contributed by atoms with E-state index in [4.69, 9.17) is 16.3 Å². The smallest absolute Gasteiger partial charge is 0.253 e. The van der Waals surface area contributed by atoms with E-state index in [0.717, 1.165) is 0 Å².